The summed E-state index contributed by atoms with van der Waals surface area (Å²) in [6.45, 7) is 0. The standard InChI is InChI=1S/C35H26FN5O3S2/c36-25-12-10-22(11-13-25)31-20-46-35(40-31)41-32(42)21-45-27-16-14-26(15-17-27)38-34(44)30(39-33(43)23-6-2-1-3-7-23)18-24-19-37-29-9-5-4-8-28(24)29/h1-20,37H,21H2,(H,38,44)(H,39,43)(H,40,41,42). The van der Waals surface area contributed by atoms with Gasteiger partial charge in [-0.2, -0.15) is 0 Å². The van der Waals surface area contributed by atoms with Gasteiger partial charge in [-0.15, -0.1) is 23.1 Å². The Morgan fingerprint density at radius 2 is 1.61 bits per heavy atom. The van der Waals surface area contributed by atoms with Crippen LogP contribution in [0.1, 0.15) is 15.9 Å². The number of halogens is 1. The number of carbonyl (C=O) groups excluding carboxylic acids is 3. The van der Waals surface area contributed by atoms with Crippen LogP contribution in [0.2, 0.25) is 0 Å². The predicted octanol–water partition coefficient (Wildman–Crippen LogP) is 7.57. The largest absolute Gasteiger partial charge is 0.361 e. The summed E-state index contributed by atoms with van der Waals surface area (Å²) in [6.07, 6.45) is 3.43. The molecule has 0 aliphatic carbocycles. The van der Waals surface area contributed by atoms with Crippen LogP contribution >= 0.6 is 23.1 Å². The molecule has 0 spiro atoms. The van der Waals surface area contributed by atoms with E-state index in [1.807, 2.05) is 30.3 Å². The second-order valence-electron chi connectivity index (χ2n) is 10.0. The number of hydrogen-bond acceptors (Lipinski definition) is 6. The third kappa shape index (κ3) is 7.57. The van der Waals surface area contributed by atoms with Crippen molar-refractivity contribution in [3.63, 3.8) is 0 Å². The highest BCUT2D eigenvalue weighted by molar-refractivity contribution is 8.00. The first-order valence-electron chi connectivity index (χ1n) is 14.1. The summed E-state index contributed by atoms with van der Waals surface area (Å²) in [5.74, 6) is -1.28. The number of fused-ring (bicyclic) bond motifs is 1. The number of aromatic amines is 1. The van der Waals surface area contributed by atoms with E-state index in [9.17, 15) is 18.8 Å². The van der Waals surface area contributed by atoms with Crippen LogP contribution in [0.5, 0.6) is 0 Å². The zero-order valence-corrected chi connectivity index (χ0v) is 25.8. The van der Waals surface area contributed by atoms with Crippen molar-refractivity contribution in [2.24, 2.45) is 0 Å². The third-order valence-corrected chi connectivity index (χ3v) is 8.59. The number of nitrogens with zero attached hydrogens (tertiary/aromatic N) is 1. The van der Waals surface area contributed by atoms with Gasteiger partial charge in [-0.3, -0.25) is 14.4 Å². The van der Waals surface area contributed by atoms with E-state index >= 15 is 0 Å². The van der Waals surface area contributed by atoms with E-state index in [1.54, 1.807) is 78.3 Å². The molecule has 0 aliphatic heterocycles. The van der Waals surface area contributed by atoms with Gasteiger partial charge in [0.15, 0.2) is 5.13 Å². The monoisotopic (exact) mass is 647 g/mol. The Labute approximate surface area is 271 Å². The average Bonchev–Trinajstić information content (AvgIpc) is 3.72. The molecule has 4 N–H and O–H groups in total. The summed E-state index contributed by atoms with van der Waals surface area (Å²) in [4.78, 5) is 47.4. The molecule has 0 aliphatic rings. The molecule has 0 saturated carbocycles. The van der Waals surface area contributed by atoms with Crippen molar-refractivity contribution in [2.45, 2.75) is 4.90 Å². The van der Waals surface area contributed by atoms with Gasteiger partial charge in [0.2, 0.25) is 5.91 Å². The highest BCUT2D eigenvalue weighted by atomic mass is 32.2. The minimum absolute atomic E-state index is 0.0819. The molecule has 228 valence electrons. The molecule has 8 nitrogen and oxygen atoms in total. The maximum absolute atomic E-state index is 13.4. The van der Waals surface area contributed by atoms with Crippen molar-refractivity contribution >= 4 is 68.6 Å². The molecule has 0 bridgehead atoms. The fraction of sp³-hybridized carbons (Fsp3) is 0.0286. The van der Waals surface area contributed by atoms with Crippen LogP contribution in [-0.4, -0.2) is 33.4 Å². The number of aromatic nitrogens is 2. The molecule has 11 heteroatoms. The fourth-order valence-electron chi connectivity index (χ4n) is 4.53. The lowest BCUT2D eigenvalue weighted by Crippen LogP contribution is -2.30. The number of thiazole rings is 1. The van der Waals surface area contributed by atoms with E-state index in [4.69, 9.17) is 0 Å². The van der Waals surface area contributed by atoms with Crippen molar-refractivity contribution in [3.8, 4) is 11.3 Å². The molecule has 2 aromatic heterocycles. The van der Waals surface area contributed by atoms with Gasteiger partial charge in [-0.25, -0.2) is 9.37 Å². The second kappa shape index (κ2) is 14.1. The van der Waals surface area contributed by atoms with E-state index in [-0.39, 0.29) is 23.2 Å². The summed E-state index contributed by atoms with van der Waals surface area (Å²) in [5.41, 5.74) is 4.11. The Hall–Kier alpha value is -5.52. The summed E-state index contributed by atoms with van der Waals surface area (Å²) >= 11 is 2.63. The number of para-hydroxylation sites is 1. The minimum atomic E-state index is -0.488. The van der Waals surface area contributed by atoms with Crippen LogP contribution in [0.4, 0.5) is 15.2 Å². The summed E-state index contributed by atoms with van der Waals surface area (Å²) in [5, 5.41) is 11.6. The van der Waals surface area contributed by atoms with Crippen LogP contribution in [0, 0.1) is 5.82 Å². The van der Waals surface area contributed by atoms with Crippen LogP contribution < -0.4 is 16.0 Å². The summed E-state index contributed by atoms with van der Waals surface area (Å²) in [6, 6.07) is 29.4. The number of rotatable bonds is 10. The molecule has 0 atom stereocenters. The number of hydrogen-bond donors (Lipinski definition) is 4. The smallest absolute Gasteiger partial charge is 0.272 e. The first kappa shape index (κ1) is 30.5. The second-order valence-corrected chi connectivity index (χ2v) is 11.9. The molecule has 2 heterocycles. The number of benzene rings is 4. The number of anilines is 2. The normalized spacial score (nSPS) is 11.3. The van der Waals surface area contributed by atoms with Gasteiger partial charge in [0.1, 0.15) is 11.5 Å². The molecule has 0 unspecified atom stereocenters. The van der Waals surface area contributed by atoms with Gasteiger partial charge < -0.3 is 20.9 Å². The third-order valence-electron chi connectivity index (χ3n) is 6.82. The van der Waals surface area contributed by atoms with Gasteiger partial charge in [0.05, 0.1) is 11.4 Å². The maximum atomic E-state index is 13.4. The van der Waals surface area contributed by atoms with Crippen molar-refractivity contribution in [1.29, 1.82) is 0 Å². The maximum Gasteiger partial charge on any atom is 0.272 e. The van der Waals surface area contributed by atoms with Gasteiger partial charge in [0.25, 0.3) is 11.8 Å². The molecule has 3 amide bonds. The molecular weight excluding hydrogens is 622 g/mol. The van der Waals surface area contributed by atoms with Gasteiger partial charge in [-0.05, 0) is 72.8 Å². The molecule has 6 rings (SSSR count). The number of carbonyl (C=O) groups is 3. The lowest BCUT2D eigenvalue weighted by Gasteiger charge is -2.12. The first-order chi connectivity index (χ1) is 22.4. The van der Waals surface area contributed by atoms with Crippen LogP contribution in [0.25, 0.3) is 28.2 Å². The lowest BCUT2D eigenvalue weighted by molar-refractivity contribution is -0.114. The van der Waals surface area contributed by atoms with Crippen molar-refractivity contribution < 1.29 is 18.8 Å². The van der Waals surface area contributed by atoms with E-state index < -0.39 is 11.8 Å². The molecule has 46 heavy (non-hydrogen) atoms. The SMILES string of the molecule is O=C(CSc1ccc(NC(=O)C(=Cc2c[nH]c3ccccc23)NC(=O)c2ccccc2)cc1)Nc1nc(-c2ccc(F)cc2)cs1. The van der Waals surface area contributed by atoms with Crippen molar-refractivity contribution in [3.05, 3.63) is 137 Å². The summed E-state index contributed by atoms with van der Waals surface area (Å²) < 4.78 is 13.2. The predicted molar refractivity (Wildman–Crippen MR) is 182 cm³/mol. The van der Waals surface area contributed by atoms with E-state index in [0.29, 0.717) is 22.1 Å². The van der Waals surface area contributed by atoms with Gasteiger partial charge in [-0.1, -0.05) is 36.4 Å². The average molecular weight is 648 g/mol. The summed E-state index contributed by atoms with van der Waals surface area (Å²) in [7, 11) is 0. The highest BCUT2D eigenvalue weighted by Gasteiger charge is 2.16. The Kier molecular flexibility index (Phi) is 9.32. The molecular formula is C35H26FN5O3S2. The Morgan fingerprint density at radius 3 is 2.39 bits per heavy atom. The van der Waals surface area contributed by atoms with E-state index in [0.717, 1.165) is 26.9 Å². The van der Waals surface area contributed by atoms with Crippen LogP contribution in [0.3, 0.4) is 0 Å². The van der Waals surface area contributed by atoms with E-state index in [2.05, 4.69) is 25.9 Å². The number of amides is 3. The zero-order chi connectivity index (χ0) is 31.9. The molecule has 0 saturated heterocycles. The molecule has 4 aromatic carbocycles. The Bertz CT molecular complexity index is 2040. The number of H-pyrrole nitrogens is 1. The zero-order valence-electron chi connectivity index (χ0n) is 24.1. The van der Waals surface area contributed by atoms with E-state index in [1.165, 1.54) is 35.2 Å². The minimum Gasteiger partial charge on any atom is -0.361 e. The fourth-order valence-corrected chi connectivity index (χ4v) is 5.97. The molecule has 6 aromatic rings. The van der Waals surface area contributed by atoms with Crippen LogP contribution in [0.15, 0.2) is 125 Å². The van der Waals surface area contributed by atoms with Crippen molar-refractivity contribution in [2.75, 3.05) is 16.4 Å². The Balaban J connectivity index is 1.08. The molecule has 0 radical (unpaired) electrons. The lowest BCUT2D eigenvalue weighted by atomic mass is 10.1. The highest BCUT2D eigenvalue weighted by Crippen LogP contribution is 2.26. The first-order valence-corrected chi connectivity index (χ1v) is 16.0. The van der Waals surface area contributed by atoms with Gasteiger partial charge in [0, 0.05) is 49.8 Å². The number of thioether (sulfide) groups is 1. The van der Waals surface area contributed by atoms with Crippen LogP contribution in [-0.2, 0) is 9.59 Å². The van der Waals surface area contributed by atoms with Gasteiger partial charge >= 0.3 is 0 Å². The topological polar surface area (TPSA) is 116 Å². The van der Waals surface area contributed by atoms with Crippen molar-refractivity contribution in [1.82, 2.24) is 15.3 Å². The Morgan fingerprint density at radius 1 is 0.870 bits per heavy atom. The number of nitrogens with one attached hydrogen (secondary N) is 4. The molecule has 0 fully saturated rings. The quantitative estimate of drug-likeness (QED) is 0.0904.